The van der Waals surface area contributed by atoms with Crippen LogP contribution in [0.1, 0.15) is 77.3 Å². The third-order valence-electron chi connectivity index (χ3n) is 13.4. The Kier molecular flexibility index (Phi) is 13.9. The lowest BCUT2D eigenvalue weighted by molar-refractivity contribution is -0.144. The number of piperidine rings is 1. The molecule has 10 heteroatoms. The summed E-state index contributed by atoms with van der Waals surface area (Å²) in [4.78, 5) is 33.2. The van der Waals surface area contributed by atoms with Crippen molar-refractivity contribution in [3.8, 4) is 5.75 Å². The lowest BCUT2D eigenvalue weighted by atomic mass is 9.68. The van der Waals surface area contributed by atoms with Crippen LogP contribution in [0, 0.1) is 23.6 Å². The van der Waals surface area contributed by atoms with Crippen molar-refractivity contribution in [1.82, 2.24) is 9.80 Å². The molecule has 7 rings (SSSR count). The van der Waals surface area contributed by atoms with Crippen LogP contribution in [0.15, 0.2) is 126 Å². The number of aliphatic hydroxyl groups excluding tert-OH is 2. The summed E-state index contributed by atoms with van der Waals surface area (Å²) >= 11 is 0. The second-order valence-corrected chi connectivity index (χ2v) is 22.4. The molecule has 0 bridgehead atoms. The molecule has 0 radical (unpaired) electrons. The largest absolute Gasteiger partial charge is 0.505 e. The molecule has 2 saturated heterocycles. The van der Waals surface area contributed by atoms with E-state index in [-0.39, 0.29) is 42.3 Å². The molecule has 4 aromatic carbocycles. The van der Waals surface area contributed by atoms with Crippen LogP contribution in [0.5, 0.6) is 5.75 Å². The SMILES string of the molecule is CC/C(=C\c1ccc(O)c(F)c1)CC[C@@H](O)C1=C(CO[Si](c2ccccc2)(c2ccccc2)C(C)(C)C)C[C@H]2C(=O)N(C3CCN(Cc4ccccc4)CC3)C(=O)[C@H]2[C@H]1CO. The van der Waals surface area contributed by atoms with Crippen LogP contribution in [0.4, 0.5) is 4.39 Å². The highest BCUT2D eigenvalue weighted by molar-refractivity contribution is 6.99. The van der Waals surface area contributed by atoms with E-state index in [1.165, 1.54) is 22.6 Å². The number of carbonyl (C=O) groups excluding carboxylic acids is 2. The number of amides is 2. The highest BCUT2D eigenvalue weighted by atomic mass is 28.4. The van der Waals surface area contributed by atoms with Crippen LogP contribution in [-0.4, -0.2) is 83.7 Å². The van der Waals surface area contributed by atoms with Crippen molar-refractivity contribution in [1.29, 1.82) is 0 Å². The number of phenols is 1. The Morgan fingerprint density at radius 3 is 2.07 bits per heavy atom. The minimum atomic E-state index is -3.07. The normalized spacial score (nSPS) is 21.3. The fraction of sp³-hybridized carbons (Fsp3) is 0.412. The van der Waals surface area contributed by atoms with E-state index < -0.39 is 50.3 Å². The minimum absolute atomic E-state index is 0.127. The average Bonchev–Trinajstić information content (AvgIpc) is 3.52. The number of fused-ring (bicyclic) bond motifs is 1. The van der Waals surface area contributed by atoms with Gasteiger partial charge in [-0.3, -0.25) is 19.4 Å². The maximum atomic E-state index is 14.6. The van der Waals surface area contributed by atoms with Crippen molar-refractivity contribution in [2.24, 2.45) is 17.8 Å². The zero-order valence-corrected chi connectivity index (χ0v) is 37.0. The quantitative estimate of drug-likeness (QED) is 0.0642. The molecule has 2 fully saturated rings. The first-order valence-electron chi connectivity index (χ1n) is 21.9. The summed E-state index contributed by atoms with van der Waals surface area (Å²) in [5.74, 6) is -3.79. The van der Waals surface area contributed by atoms with Gasteiger partial charge in [-0.05, 0) is 88.3 Å². The number of nitrogens with zero attached hydrogens (tertiary/aromatic N) is 2. The Labute approximate surface area is 361 Å². The van der Waals surface area contributed by atoms with Crippen LogP contribution in [-0.2, 0) is 20.6 Å². The number of halogens is 1. The first-order valence-corrected chi connectivity index (χ1v) is 23.8. The summed E-state index contributed by atoms with van der Waals surface area (Å²) in [5, 5.41) is 35.3. The molecule has 322 valence electrons. The first kappa shape index (κ1) is 44.3. The predicted molar refractivity (Wildman–Crippen MR) is 241 cm³/mol. The number of likely N-dealkylation sites (tertiary alicyclic amines) is 2. The number of phenolic OH excluding ortho intramolecular Hbond substituents is 1. The molecule has 61 heavy (non-hydrogen) atoms. The number of aliphatic hydroxyl groups is 2. The Hall–Kier alpha value is -4.71. The zero-order valence-electron chi connectivity index (χ0n) is 36.0. The lowest BCUT2D eigenvalue weighted by Crippen LogP contribution is -2.66. The van der Waals surface area contributed by atoms with E-state index in [2.05, 4.69) is 62.1 Å². The summed E-state index contributed by atoms with van der Waals surface area (Å²) in [6.45, 7) is 10.7. The zero-order chi connectivity index (χ0) is 43.3. The number of allylic oxidation sites excluding steroid dienone is 1. The standard InChI is InChI=1S/C51H61FN2O6Si/c1-5-35(29-37-22-23-45(56)44(52)30-37)21-24-46(57)47-38(34-60-61(51(2,3)4,40-17-11-7-12-18-40)41-19-13-8-14-20-41)31-42-48(43(47)33-55)50(59)54(49(42)58)39-25-27-53(28-26-39)32-36-15-9-6-10-16-36/h6-20,22-23,29-30,39,42-43,46,48,55-57H,5,21,24-28,31-34H2,1-4H3/b35-29+/t42-,43+,46-,48-/m1/s1. The van der Waals surface area contributed by atoms with E-state index >= 15 is 0 Å². The third kappa shape index (κ3) is 9.25. The molecule has 4 atom stereocenters. The maximum Gasteiger partial charge on any atom is 0.261 e. The molecule has 0 saturated carbocycles. The Morgan fingerprint density at radius 1 is 0.902 bits per heavy atom. The van der Waals surface area contributed by atoms with Crippen molar-refractivity contribution in [2.45, 2.75) is 89.9 Å². The topological polar surface area (TPSA) is 111 Å². The van der Waals surface area contributed by atoms with Gasteiger partial charge in [0.2, 0.25) is 11.8 Å². The molecule has 0 unspecified atom stereocenters. The molecule has 0 aromatic heterocycles. The molecule has 8 nitrogen and oxygen atoms in total. The molecule has 4 aromatic rings. The highest BCUT2D eigenvalue weighted by Crippen LogP contribution is 2.48. The summed E-state index contributed by atoms with van der Waals surface area (Å²) in [6, 6.07) is 35.0. The first-order chi connectivity index (χ1) is 29.4. The summed E-state index contributed by atoms with van der Waals surface area (Å²) in [7, 11) is -3.07. The fourth-order valence-electron chi connectivity index (χ4n) is 10.3. The van der Waals surface area contributed by atoms with Crippen molar-refractivity contribution in [3.05, 3.63) is 143 Å². The monoisotopic (exact) mass is 844 g/mol. The van der Waals surface area contributed by atoms with Crippen LogP contribution >= 0.6 is 0 Å². The number of imide groups is 1. The third-order valence-corrected chi connectivity index (χ3v) is 18.3. The smallest absolute Gasteiger partial charge is 0.261 e. The second kappa shape index (κ2) is 19.1. The molecule has 2 amide bonds. The van der Waals surface area contributed by atoms with E-state index in [4.69, 9.17) is 4.43 Å². The van der Waals surface area contributed by atoms with E-state index in [9.17, 15) is 29.3 Å². The van der Waals surface area contributed by atoms with Gasteiger partial charge in [-0.2, -0.15) is 0 Å². The van der Waals surface area contributed by atoms with Gasteiger partial charge in [-0.15, -0.1) is 0 Å². The minimum Gasteiger partial charge on any atom is -0.505 e. The summed E-state index contributed by atoms with van der Waals surface area (Å²) in [6.07, 6.45) is 3.85. The van der Waals surface area contributed by atoms with E-state index in [0.717, 1.165) is 41.2 Å². The van der Waals surface area contributed by atoms with Gasteiger partial charge < -0.3 is 19.7 Å². The van der Waals surface area contributed by atoms with Gasteiger partial charge in [0.25, 0.3) is 8.32 Å². The van der Waals surface area contributed by atoms with Gasteiger partial charge in [0.1, 0.15) is 0 Å². The Balaban J connectivity index is 1.22. The van der Waals surface area contributed by atoms with Crippen LogP contribution in [0.2, 0.25) is 5.04 Å². The van der Waals surface area contributed by atoms with E-state index in [1.54, 1.807) is 6.07 Å². The molecule has 2 heterocycles. The molecular weight excluding hydrogens is 784 g/mol. The molecule has 1 aliphatic carbocycles. The number of hydrogen-bond acceptors (Lipinski definition) is 7. The molecular formula is C51H61FN2O6Si. The van der Waals surface area contributed by atoms with Crippen molar-refractivity contribution >= 4 is 36.6 Å². The molecule has 3 aliphatic rings. The number of carbonyl (C=O) groups is 2. The molecule has 2 aliphatic heterocycles. The summed E-state index contributed by atoms with van der Waals surface area (Å²) < 4.78 is 21.7. The molecule has 3 N–H and O–H groups in total. The number of benzene rings is 4. The van der Waals surface area contributed by atoms with Gasteiger partial charge in [-0.1, -0.05) is 136 Å². The number of hydrogen-bond donors (Lipinski definition) is 3. The van der Waals surface area contributed by atoms with Gasteiger partial charge >= 0.3 is 0 Å². The second-order valence-electron chi connectivity index (χ2n) is 18.1. The highest BCUT2D eigenvalue weighted by Gasteiger charge is 2.57. The van der Waals surface area contributed by atoms with E-state index in [1.807, 2.05) is 67.6 Å². The van der Waals surface area contributed by atoms with Gasteiger partial charge in [0, 0.05) is 31.6 Å². The maximum absolute atomic E-state index is 14.6. The van der Waals surface area contributed by atoms with Gasteiger partial charge in [-0.25, -0.2) is 4.39 Å². The summed E-state index contributed by atoms with van der Waals surface area (Å²) in [5.41, 5.74) is 4.17. The Bertz CT molecular complexity index is 2160. The average molecular weight is 845 g/mol. The van der Waals surface area contributed by atoms with Gasteiger partial charge in [0.15, 0.2) is 11.6 Å². The van der Waals surface area contributed by atoms with Gasteiger partial charge in [0.05, 0.1) is 31.2 Å². The van der Waals surface area contributed by atoms with Crippen LogP contribution in [0.3, 0.4) is 0 Å². The van der Waals surface area contributed by atoms with Crippen LogP contribution in [0.25, 0.3) is 6.08 Å². The van der Waals surface area contributed by atoms with E-state index in [0.29, 0.717) is 36.8 Å². The lowest BCUT2D eigenvalue weighted by Gasteiger charge is -2.44. The van der Waals surface area contributed by atoms with Crippen molar-refractivity contribution < 1.29 is 33.7 Å². The Morgan fingerprint density at radius 2 is 1.51 bits per heavy atom. The van der Waals surface area contributed by atoms with Crippen molar-refractivity contribution in [2.75, 3.05) is 26.3 Å². The molecule has 0 spiro atoms. The predicted octanol–water partition coefficient (Wildman–Crippen LogP) is 7.62. The van der Waals surface area contributed by atoms with Crippen molar-refractivity contribution in [3.63, 3.8) is 0 Å². The number of rotatable bonds is 15. The van der Waals surface area contributed by atoms with Crippen LogP contribution < -0.4 is 10.4 Å². The fourth-order valence-corrected chi connectivity index (χ4v) is 14.8. The number of aromatic hydroxyl groups is 1.